The first-order valence-corrected chi connectivity index (χ1v) is 8.73. The molecule has 3 fully saturated rings. The highest BCUT2D eigenvalue weighted by atomic mass is 16.5. The largest absolute Gasteiger partial charge is 0.383 e. The molecule has 2 atom stereocenters. The lowest BCUT2D eigenvalue weighted by Crippen LogP contribution is -2.49. The molecule has 0 aromatic carbocycles. The molecule has 5 heterocycles. The van der Waals surface area contributed by atoms with Crippen molar-refractivity contribution in [1.29, 1.82) is 0 Å². The fourth-order valence-corrected chi connectivity index (χ4v) is 4.00. The summed E-state index contributed by atoms with van der Waals surface area (Å²) in [5.74, 6) is 1.72. The summed E-state index contributed by atoms with van der Waals surface area (Å²) in [7, 11) is 1.67. The molecule has 2 aromatic heterocycles. The molecule has 2 aromatic rings. The smallest absolute Gasteiger partial charge is 0.263 e. The minimum Gasteiger partial charge on any atom is -0.383 e. The maximum Gasteiger partial charge on any atom is 0.263 e. The first-order valence-electron chi connectivity index (χ1n) is 8.73. The van der Waals surface area contributed by atoms with E-state index in [1.807, 2.05) is 18.7 Å². The number of hydrogen-bond acceptors (Lipinski definition) is 7. The van der Waals surface area contributed by atoms with E-state index >= 15 is 0 Å². The first kappa shape index (κ1) is 16.3. The number of piperidine rings is 1. The zero-order valence-corrected chi connectivity index (χ0v) is 14.9. The van der Waals surface area contributed by atoms with E-state index in [0.717, 1.165) is 36.3 Å². The summed E-state index contributed by atoms with van der Waals surface area (Å²) in [6.45, 7) is 6.41. The lowest BCUT2D eigenvalue weighted by molar-refractivity contribution is -0.140. The van der Waals surface area contributed by atoms with E-state index < -0.39 is 0 Å². The van der Waals surface area contributed by atoms with E-state index in [1.54, 1.807) is 7.11 Å². The Bertz CT molecular complexity index is 805. The lowest BCUT2D eigenvalue weighted by Gasteiger charge is -2.35. The molecule has 0 spiro atoms. The number of aryl methyl sites for hydroxylation is 2. The highest BCUT2D eigenvalue weighted by Crippen LogP contribution is 2.34. The fraction of sp³-hybridized carbons (Fsp3) is 0.647. The first-order chi connectivity index (χ1) is 12.1. The minimum absolute atomic E-state index is 0.00101. The number of hydrogen-bond donors (Lipinski definition) is 0. The Kier molecular flexibility index (Phi) is 4.07. The Morgan fingerprint density at radius 3 is 2.88 bits per heavy atom. The van der Waals surface area contributed by atoms with E-state index in [9.17, 15) is 4.79 Å². The van der Waals surface area contributed by atoms with Crippen LogP contribution >= 0.6 is 0 Å². The Hall–Kier alpha value is -2.22. The number of carbonyl (C=O) groups is 1. The number of rotatable bonds is 4. The molecule has 0 N–H and O–H groups in total. The van der Waals surface area contributed by atoms with E-state index in [0.29, 0.717) is 31.2 Å². The highest BCUT2D eigenvalue weighted by Gasteiger charge is 2.41. The van der Waals surface area contributed by atoms with Gasteiger partial charge >= 0.3 is 0 Å². The second-order valence-corrected chi connectivity index (χ2v) is 6.90. The van der Waals surface area contributed by atoms with Crippen LogP contribution in [-0.2, 0) is 9.53 Å². The second-order valence-electron chi connectivity index (χ2n) is 6.90. The summed E-state index contributed by atoms with van der Waals surface area (Å²) in [6.07, 6.45) is 1.95. The second kappa shape index (κ2) is 6.25. The Morgan fingerprint density at radius 2 is 2.08 bits per heavy atom. The summed E-state index contributed by atoms with van der Waals surface area (Å²) < 4.78 is 10.5. The molecule has 2 bridgehead atoms. The Labute approximate surface area is 146 Å². The summed E-state index contributed by atoms with van der Waals surface area (Å²) in [6, 6.07) is 0.187. The predicted octanol–water partition coefficient (Wildman–Crippen LogP) is 1.31. The molecular weight excluding hydrogens is 322 g/mol. The fourth-order valence-electron chi connectivity index (χ4n) is 4.00. The normalized spacial score (nSPS) is 23.6. The molecule has 0 radical (unpaired) electrons. The van der Waals surface area contributed by atoms with Gasteiger partial charge in [-0.05, 0) is 26.7 Å². The predicted molar refractivity (Wildman–Crippen MR) is 91.4 cm³/mol. The molecular formula is C17H23N5O3. The van der Waals surface area contributed by atoms with Crippen LogP contribution in [0.25, 0.3) is 11.1 Å². The maximum atomic E-state index is 12.8. The zero-order valence-electron chi connectivity index (χ0n) is 14.9. The number of amides is 1. The van der Waals surface area contributed by atoms with Gasteiger partial charge in [-0.2, -0.15) is 4.98 Å². The Morgan fingerprint density at radius 1 is 1.24 bits per heavy atom. The van der Waals surface area contributed by atoms with Crippen LogP contribution in [0.15, 0.2) is 4.52 Å². The molecule has 3 aliphatic heterocycles. The standard InChI is InChI=1S/C17H23N5O3/c1-10-14-15(18-11(2)19-16(14)25-20-10)21-8-12-4-5-13(9-21)22(17(12)23)6-7-24-3/h12-13H,4-9H2,1-3H3/t12-,13+/m1/s1. The number of methoxy groups -OCH3 is 1. The number of fused-ring (bicyclic) bond motifs is 5. The molecule has 134 valence electrons. The van der Waals surface area contributed by atoms with Crippen LogP contribution in [0.5, 0.6) is 0 Å². The third kappa shape index (κ3) is 2.74. The lowest BCUT2D eigenvalue weighted by atomic mass is 9.94. The topological polar surface area (TPSA) is 84.6 Å². The number of anilines is 1. The quantitative estimate of drug-likeness (QED) is 0.826. The average molecular weight is 345 g/mol. The van der Waals surface area contributed by atoms with E-state index in [2.05, 4.69) is 20.0 Å². The van der Waals surface area contributed by atoms with Crippen LogP contribution in [0.4, 0.5) is 5.82 Å². The number of aromatic nitrogens is 3. The molecule has 0 aliphatic carbocycles. The van der Waals surface area contributed by atoms with Crippen molar-refractivity contribution in [3.05, 3.63) is 11.5 Å². The van der Waals surface area contributed by atoms with Crippen molar-refractivity contribution in [2.75, 3.05) is 38.3 Å². The van der Waals surface area contributed by atoms with Crippen molar-refractivity contribution in [2.45, 2.75) is 32.7 Å². The summed E-state index contributed by atoms with van der Waals surface area (Å²) in [5, 5.41) is 4.89. The summed E-state index contributed by atoms with van der Waals surface area (Å²) in [4.78, 5) is 26.0. The molecule has 5 rings (SSSR count). The van der Waals surface area contributed by atoms with E-state index in [1.165, 1.54) is 0 Å². The SMILES string of the molecule is COCCN1C(=O)[C@@H]2CC[C@H]1CN(c1nc(C)nc3onc(C)c13)C2. The van der Waals surface area contributed by atoms with Crippen molar-refractivity contribution in [3.63, 3.8) is 0 Å². The van der Waals surface area contributed by atoms with Crippen molar-refractivity contribution in [3.8, 4) is 0 Å². The third-order valence-electron chi connectivity index (χ3n) is 5.23. The summed E-state index contributed by atoms with van der Waals surface area (Å²) in [5.41, 5.74) is 1.29. The number of nitrogens with zero attached hydrogens (tertiary/aromatic N) is 5. The molecule has 8 heteroatoms. The van der Waals surface area contributed by atoms with Gasteiger partial charge in [-0.15, -0.1) is 0 Å². The highest BCUT2D eigenvalue weighted by molar-refractivity contribution is 5.89. The van der Waals surface area contributed by atoms with Gasteiger partial charge in [-0.3, -0.25) is 4.79 Å². The molecule has 0 unspecified atom stereocenters. The van der Waals surface area contributed by atoms with Gasteiger partial charge in [-0.25, -0.2) is 4.98 Å². The van der Waals surface area contributed by atoms with Crippen molar-refractivity contribution >= 4 is 22.8 Å². The molecule has 1 amide bonds. The monoisotopic (exact) mass is 345 g/mol. The molecule has 0 saturated carbocycles. The summed E-state index contributed by atoms with van der Waals surface area (Å²) >= 11 is 0. The van der Waals surface area contributed by atoms with Crippen LogP contribution < -0.4 is 4.90 Å². The number of carbonyl (C=O) groups excluding carboxylic acids is 1. The molecule has 25 heavy (non-hydrogen) atoms. The zero-order chi connectivity index (χ0) is 17.6. The maximum absolute atomic E-state index is 12.8. The van der Waals surface area contributed by atoms with E-state index in [4.69, 9.17) is 9.26 Å². The van der Waals surface area contributed by atoms with Gasteiger partial charge in [-0.1, -0.05) is 5.16 Å². The van der Waals surface area contributed by atoms with E-state index in [-0.39, 0.29) is 17.9 Å². The van der Waals surface area contributed by atoms with Crippen molar-refractivity contribution in [2.24, 2.45) is 5.92 Å². The molecule has 3 saturated heterocycles. The van der Waals surface area contributed by atoms with Crippen LogP contribution in [-0.4, -0.2) is 65.3 Å². The van der Waals surface area contributed by atoms with Crippen LogP contribution in [0, 0.1) is 19.8 Å². The van der Waals surface area contributed by atoms with Gasteiger partial charge in [0, 0.05) is 32.8 Å². The van der Waals surface area contributed by atoms with Gasteiger partial charge in [0.25, 0.3) is 5.71 Å². The molecule has 3 aliphatic rings. The van der Waals surface area contributed by atoms with Gasteiger partial charge in [0.15, 0.2) is 0 Å². The van der Waals surface area contributed by atoms with Crippen LogP contribution in [0.2, 0.25) is 0 Å². The van der Waals surface area contributed by atoms with Gasteiger partial charge < -0.3 is 19.1 Å². The average Bonchev–Trinajstić information content (AvgIpc) is 2.78. The van der Waals surface area contributed by atoms with Crippen molar-refractivity contribution < 1.29 is 14.1 Å². The van der Waals surface area contributed by atoms with Gasteiger partial charge in [0.05, 0.1) is 18.2 Å². The van der Waals surface area contributed by atoms with Crippen LogP contribution in [0.1, 0.15) is 24.4 Å². The minimum atomic E-state index is 0.00101. The Balaban J connectivity index is 1.71. The molecule has 8 nitrogen and oxygen atoms in total. The van der Waals surface area contributed by atoms with Crippen LogP contribution in [0.3, 0.4) is 0 Å². The van der Waals surface area contributed by atoms with Crippen molar-refractivity contribution in [1.82, 2.24) is 20.0 Å². The third-order valence-corrected chi connectivity index (χ3v) is 5.23. The van der Waals surface area contributed by atoms with Gasteiger partial charge in [0.1, 0.15) is 17.0 Å². The number of ether oxygens (including phenoxy) is 1. The van der Waals surface area contributed by atoms with Gasteiger partial charge in [0.2, 0.25) is 5.91 Å².